The number of hydrogen-bond acceptors (Lipinski definition) is 6. The van der Waals surface area contributed by atoms with Crippen LogP contribution >= 0.6 is 12.4 Å². The van der Waals surface area contributed by atoms with Crippen molar-refractivity contribution in [2.24, 2.45) is 0 Å². The summed E-state index contributed by atoms with van der Waals surface area (Å²) in [7, 11) is -2.14. The van der Waals surface area contributed by atoms with Gasteiger partial charge in [-0.3, -0.25) is 10.1 Å². The van der Waals surface area contributed by atoms with Crippen LogP contribution in [0.2, 0.25) is 0 Å². The van der Waals surface area contributed by atoms with Crippen LogP contribution in [0.15, 0.2) is 29.2 Å². The number of methoxy groups -OCH3 is 1. The first-order valence-corrected chi connectivity index (χ1v) is 8.35. The second-order valence-electron chi connectivity index (χ2n) is 5.32. The average molecular weight is 366 g/mol. The zero-order valence-electron chi connectivity index (χ0n) is 12.6. The first-order chi connectivity index (χ1) is 10.4. The molecule has 2 rings (SSSR count). The molecule has 2 N–H and O–H groups in total. The molecule has 0 radical (unpaired) electrons. The van der Waals surface area contributed by atoms with Crippen molar-refractivity contribution in [3.8, 4) is 0 Å². The number of sulfonamides is 1. The third kappa shape index (κ3) is 4.85. The Labute approximate surface area is 141 Å². The molecule has 0 bridgehead atoms. The monoisotopic (exact) mass is 365 g/mol. The quantitative estimate of drug-likeness (QED) is 0.552. The minimum absolute atomic E-state index is 0. The number of halogens is 1. The number of nitro benzene ring substituents is 1. The Hall–Kier alpha value is -1.26. The van der Waals surface area contributed by atoms with Gasteiger partial charge in [-0.05, 0) is 31.5 Å². The number of hydrogen-bond donors (Lipinski definition) is 2. The molecule has 130 valence electrons. The van der Waals surface area contributed by atoms with E-state index in [0.717, 1.165) is 19.4 Å². The van der Waals surface area contributed by atoms with Crippen molar-refractivity contribution in [1.29, 1.82) is 0 Å². The molecule has 1 aromatic carbocycles. The molecule has 1 aliphatic heterocycles. The minimum atomic E-state index is -3.71. The van der Waals surface area contributed by atoms with Crippen molar-refractivity contribution in [3.63, 3.8) is 0 Å². The molecular weight excluding hydrogens is 346 g/mol. The van der Waals surface area contributed by atoms with Crippen molar-refractivity contribution >= 4 is 28.1 Å². The lowest BCUT2D eigenvalue weighted by Crippen LogP contribution is -2.52. The molecule has 1 fully saturated rings. The van der Waals surface area contributed by atoms with Crippen LogP contribution in [0, 0.1) is 10.1 Å². The maximum absolute atomic E-state index is 12.3. The Morgan fingerprint density at radius 3 is 2.52 bits per heavy atom. The largest absolute Gasteiger partial charge is 0.383 e. The van der Waals surface area contributed by atoms with Gasteiger partial charge in [-0.15, -0.1) is 12.4 Å². The van der Waals surface area contributed by atoms with E-state index in [2.05, 4.69) is 10.0 Å². The number of nitrogens with zero attached hydrogens (tertiary/aromatic N) is 1. The van der Waals surface area contributed by atoms with Crippen LogP contribution in [-0.2, 0) is 14.8 Å². The van der Waals surface area contributed by atoms with E-state index in [-0.39, 0.29) is 29.5 Å². The number of nitro groups is 1. The van der Waals surface area contributed by atoms with Crippen molar-refractivity contribution in [1.82, 2.24) is 10.0 Å². The van der Waals surface area contributed by atoms with Gasteiger partial charge in [0.2, 0.25) is 10.0 Å². The Kier molecular flexibility index (Phi) is 6.90. The molecule has 1 aromatic rings. The fourth-order valence-corrected chi connectivity index (χ4v) is 3.66. The fraction of sp³-hybridized carbons (Fsp3) is 0.538. The summed E-state index contributed by atoms with van der Waals surface area (Å²) in [6, 6.07) is 4.80. The van der Waals surface area contributed by atoms with Crippen molar-refractivity contribution in [2.75, 3.05) is 26.8 Å². The molecule has 0 aliphatic carbocycles. The van der Waals surface area contributed by atoms with Crippen LogP contribution in [0.3, 0.4) is 0 Å². The molecular formula is C13H20ClN3O5S. The predicted molar refractivity (Wildman–Crippen MR) is 87.4 cm³/mol. The van der Waals surface area contributed by atoms with Crippen molar-refractivity contribution in [3.05, 3.63) is 34.4 Å². The summed E-state index contributed by atoms with van der Waals surface area (Å²) in [6.07, 6.45) is 1.78. The highest BCUT2D eigenvalue weighted by Crippen LogP contribution is 2.20. The summed E-state index contributed by atoms with van der Waals surface area (Å²) >= 11 is 0. The van der Waals surface area contributed by atoms with Gasteiger partial charge in [-0.2, -0.15) is 0 Å². The third-order valence-electron chi connectivity index (χ3n) is 3.71. The SMILES string of the molecule is COCC1(CNS(=O)(=O)c2ccc([N+](=O)[O-])cc2)CCCN1.Cl. The summed E-state index contributed by atoms with van der Waals surface area (Å²) < 4.78 is 32.3. The molecule has 0 aromatic heterocycles. The van der Waals surface area contributed by atoms with Gasteiger partial charge in [0.1, 0.15) is 0 Å². The van der Waals surface area contributed by atoms with E-state index in [1.807, 2.05) is 0 Å². The fourth-order valence-electron chi connectivity index (χ4n) is 2.53. The number of non-ortho nitro benzene ring substituents is 1. The highest BCUT2D eigenvalue weighted by atomic mass is 35.5. The molecule has 1 unspecified atom stereocenters. The lowest BCUT2D eigenvalue weighted by atomic mass is 9.99. The second kappa shape index (κ2) is 8.02. The second-order valence-corrected chi connectivity index (χ2v) is 7.09. The molecule has 8 nitrogen and oxygen atoms in total. The van der Waals surface area contributed by atoms with E-state index in [4.69, 9.17) is 4.74 Å². The van der Waals surface area contributed by atoms with E-state index in [1.165, 1.54) is 24.3 Å². The Bertz CT molecular complexity index is 630. The number of nitrogens with one attached hydrogen (secondary N) is 2. The van der Waals surface area contributed by atoms with Crippen LogP contribution in [0.1, 0.15) is 12.8 Å². The summed E-state index contributed by atoms with van der Waals surface area (Å²) in [6.45, 7) is 1.44. The molecule has 1 saturated heterocycles. The van der Waals surface area contributed by atoms with Gasteiger partial charge < -0.3 is 10.1 Å². The van der Waals surface area contributed by atoms with E-state index >= 15 is 0 Å². The normalized spacial score (nSPS) is 20.9. The predicted octanol–water partition coefficient (Wildman–Crippen LogP) is 1.06. The zero-order valence-corrected chi connectivity index (χ0v) is 14.3. The highest BCUT2D eigenvalue weighted by molar-refractivity contribution is 7.89. The maximum atomic E-state index is 12.3. The van der Waals surface area contributed by atoms with E-state index < -0.39 is 20.5 Å². The number of rotatable bonds is 7. The smallest absolute Gasteiger partial charge is 0.269 e. The summed E-state index contributed by atoms with van der Waals surface area (Å²) in [5.74, 6) is 0. The number of benzene rings is 1. The Balaban J connectivity index is 0.00000264. The van der Waals surface area contributed by atoms with E-state index in [9.17, 15) is 18.5 Å². The Morgan fingerprint density at radius 1 is 1.39 bits per heavy atom. The molecule has 1 aliphatic rings. The van der Waals surface area contributed by atoms with Crippen molar-refractivity contribution in [2.45, 2.75) is 23.3 Å². The van der Waals surface area contributed by atoms with Gasteiger partial charge in [0, 0.05) is 25.8 Å². The first-order valence-electron chi connectivity index (χ1n) is 6.87. The number of ether oxygens (including phenoxy) is 1. The molecule has 23 heavy (non-hydrogen) atoms. The lowest BCUT2D eigenvalue weighted by molar-refractivity contribution is -0.384. The van der Waals surface area contributed by atoms with Crippen LogP contribution in [0.25, 0.3) is 0 Å². The first kappa shape index (κ1) is 19.8. The molecule has 1 heterocycles. The topological polar surface area (TPSA) is 111 Å². The summed E-state index contributed by atoms with van der Waals surface area (Å²) in [5.41, 5.74) is -0.546. The lowest BCUT2D eigenvalue weighted by Gasteiger charge is -2.28. The standard InChI is InChI=1S/C13H19N3O5S.ClH/c1-21-10-13(7-2-8-14-13)9-15-22(19,20)12-5-3-11(4-6-12)16(17)18;/h3-6,14-15H,2,7-10H2,1H3;1H. The minimum Gasteiger partial charge on any atom is -0.383 e. The zero-order chi connectivity index (χ0) is 16.2. The van der Waals surface area contributed by atoms with Crippen molar-refractivity contribution < 1.29 is 18.1 Å². The van der Waals surface area contributed by atoms with E-state index in [0.29, 0.717) is 6.61 Å². The van der Waals surface area contributed by atoms with E-state index in [1.54, 1.807) is 7.11 Å². The van der Waals surface area contributed by atoms with Crippen LogP contribution in [0.5, 0.6) is 0 Å². The van der Waals surface area contributed by atoms with Crippen LogP contribution in [-0.4, -0.2) is 45.7 Å². The summed E-state index contributed by atoms with van der Waals surface area (Å²) in [4.78, 5) is 10.0. The van der Waals surface area contributed by atoms with Gasteiger partial charge in [-0.1, -0.05) is 0 Å². The molecule has 10 heteroatoms. The van der Waals surface area contributed by atoms with Gasteiger partial charge in [0.15, 0.2) is 0 Å². The molecule has 0 spiro atoms. The van der Waals surface area contributed by atoms with Gasteiger partial charge in [0.25, 0.3) is 5.69 Å². The average Bonchev–Trinajstić information content (AvgIpc) is 2.95. The van der Waals surface area contributed by atoms with Crippen LogP contribution < -0.4 is 10.0 Å². The molecule has 0 saturated carbocycles. The highest BCUT2D eigenvalue weighted by Gasteiger charge is 2.34. The van der Waals surface area contributed by atoms with Crippen LogP contribution in [0.4, 0.5) is 5.69 Å². The van der Waals surface area contributed by atoms with Gasteiger partial charge >= 0.3 is 0 Å². The Morgan fingerprint density at radius 2 is 2.04 bits per heavy atom. The van der Waals surface area contributed by atoms with Gasteiger partial charge in [0.05, 0.1) is 22.0 Å². The maximum Gasteiger partial charge on any atom is 0.269 e. The molecule has 1 atom stereocenters. The third-order valence-corrected chi connectivity index (χ3v) is 5.13. The summed E-state index contributed by atoms with van der Waals surface area (Å²) in [5, 5.41) is 13.9. The van der Waals surface area contributed by atoms with Gasteiger partial charge in [-0.25, -0.2) is 13.1 Å². The molecule has 0 amide bonds.